The fourth-order valence-electron chi connectivity index (χ4n) is 3.39. The number of amides is 2. The highest BCUT2D eigenvalue weighted by Crippen LogP contribution is 2.36. The zero-order chi connectivity index (χ0) is 23.8. The Bertz CT molecular complexity index is 1250. The number of thioether (sulfide) groups is 1. The summed E-state index contributed by atoms with van der Waals surface area (Å²) in [7, 11) is 1.56. The lowest BCUT2D eigenvalue weighted by Crippen LogP contribution is -2.19. The van der Waals surface area contributed by atoms with E-state index in [1.54, 1.807) is 43.5 Å². The van der Waals surface area contributed by atoms with E-state index >= 15 is 0 Å². The molecule has 0 aromatic heterocycles. The van der Waals surface area contributed by atoms with E-state index in [9.17, 15) is 9.59 Å². The predicted octanol–water partition coefficient (Wildman–Crippen LogP) is 6.42. The third kappa shape index (κ3) is 5.85. The van der Waals surface area contributed by atoms with E-state index in [1.165, 1.54) is 11.8 Å². The molecular formula is C28H24N2O3S. The molecule has 6 heteroatoms. The van der Waals surface area contributed by atoms with E-state index in [0.717, 1.165) is 10.5 Å². The maximum absolute atomic E-state index is 13.2. The Balaban J connectivity index is 1.46. The zero-order valence-corrected chi connectivity index (χ0v) is 19.4. The summed E-state index contributed by atoms with van der Waals surface area (Å²) in [6, 6.07) is 33.6. The van der Waals surface area contributed by atoms with Crippen LogP contribution in [0.25, 0.3) is 0 Å². The van der Waals surface area contributed by atoms with Crippen LogP contribution in [0.1, 0.15) is 21.2 Å². The second-order valence-electron chi connectivity index (χ2n) is 7.44. The van der Waals surface area contributed by atoms with Crippen molar-refractivity contribution >= 4 is 35.0 Å². The lowest BCUT2D eigenvalue weighted by Gasteiger charge is -2.17. The highest BCUT2D eigenvalue weighted by Gasteiger charge is 2.22. The second kappa shape index (κ2) is 11.2. The Morgan fingerprint density at radius 1 is 0.735 bits per heavy atom. The molecule has 0 aliphatic rings. The van der Waals surface area contributed by atoms with Crippen molar-refractivity contribution in [3.8, 4) is 5.75 Å². The number of hydrogen-bond donors (Lipinski definition) is 2. The van der Waals surface area contributed by atoms with Crippen LogP contribution in [0.4, 0.5) is 11.4 Å². The Hall–Kier alpha value is -4.03. The van der Waals surface area contributed by atoms with Crippen molar-refractivity contribution < 1.29 is 14.3 Å². The number of hydrogen-bond acceptors (Lipinski definition) is 4. The molecule has 4 rings (SSSR count). The van der Waals surface area contributed by atoms with Gasteiger partial charge in [-0.15, -0.1) is 11.8 Å². The molecule has 0 aliphatic carbocycles. The Morgan fingerprint density at radius 2 is 1.35 bits per heavy atom. The fraction of sp³-hybridized carbons (Fsp3) is 0.0714. The Morgan fingerprint density at radius 3 is 2.03 bits per heavy atom. The number of ether oxygens (including phenoxy) is 1. The van der Waals surface area contributed by atoms with Gasteiger partial charge in [-0.05, 0) is 54.1 Å². The number of carbonyl (C=O) groups is 2. The smallest absolute Gasteiger partial charge is 0.255 e. The van der Waals surface area contributed by atoms with Crippen LogP contribution in [0, 0.1) is 0 Å². The molecule has 2 amide bonds. The van der Waals surface area contributed by atoms with E-state index < -0.39 is 5.25 Å². The van der Waals surface area contributed by atoms with Crippen molar-refractivity contribution in [3.63, 3.8) is 0 Å². The highest BCUT2D eigenvalue weighted by molar-refractivity contribution is 8.00. The summed E-state index contributed by atoms with van der Waals surface area (Å²) in [4.78, 5) is 26.9. The molecule has 0 saturated heterocycles. The van der Waals surface area contributed by atoms with Gasteiger partial charge in [0.15, 0.2) is 0 Å². The van der Waals surface area contributed by atoms with Crippen LogP contribution in [0.5, 0.6) is 5.75 Å². The molecule has 0 bridgehead atoms. The molecule has 1 unspecified atom stereocenters. The average molecular weight is 469 g/mol. The Kier molecular flexibility index (Phi) is 7.63. The largest absolute Gasteiger partial charge is 0.495 e. The minimum atomic E-state index is -0.419. The summed E-state index contributed by atoms with van der Waals surface area (Å²) >= 11 is 1.49. The number of nitrogens with one attached hydrogen (secondary N) is 2. The fourth-order valence-corrected chi connectivity index (χ4v) is 4.44. The van der Waals surface area contributed by atoms with E-state index in [2.05, 4.69) is 10.6 Å². The van der Waals surface area contributed by atoms with Crippen LogP contribution in [0.2, 0.25) is 0 Å². The molecule has 4 aromatic rings. The minimum Gasteiger partial charge on any atom is -0.495 e. The topological polar surface area (TPSA) is 67.4 Å². The number of para-hydroxylation sites is 2. The monoisotopic (exact) mass is 468 g/mol. The van der Waals surface area contributed by atoms with Gasteiger partial charge in [0, 0.05) is 16.1 Å². The van der Waals surface area contributed by atoms with Crippen LogP contribution in [0.15, 0.2) is 114 Å². The Labute approximate surface area is 203 Å². The van der Waals surface area contributed by atoms with Gasteiger partial charge >= 0.3 is 0 Å². The van der Waals surface area contributed by atoms with Gasteiger partial charge in [0.2, 0.25) is 5.91 Å². The maximum Gasteiger partial charge on any atom is 0.255 e. The van der Waals surface area contributed by atoms with Crippen molar-refractivity contribution in [1.82, 2.24) is 0 Å². The van der Waals surface area contributed by atoms with Gasteiger partial charge in [-0.2, -0.15) is 0 Å². The summed E-state index contributed by atoms with van der Waals surface area (Å²) < 4.78 is 5.28. The van der Waals surface area contributed by atoms with Crippen molar-refractivity contribution in [3.05, 3.63) is 120 Å². The van der Waals surface area contributed by atoms with Crippen molar-refractivity contribution in [2.75, 3.05) is 17.7 Å². The lowest BCUT2D eigenvalue weighted by atomic mass is 10.1. The second-order valence-corrected chi connectivity index (χ2v) is 8.62. The van der Waals surface area contributed by atoms with Gasteiger partial charge in [0.25, 0.3) is 5.91 Å². The van der Waals surface area contributed by atoms with Crippen LogP contribution < -0.4 is 15.4 Å². The number of benzene rings is 4. The van der Waals surface area contributed by atoms with E-state index in [4.69, 9.17) is 4.74 Å². The van der Waals surface area contributed by atoms with Crippen molar-refractivity contribution in [2.24, 2.45) is 0 Å². The molecule has 0 radical (unpaired) electrons. The molecule has 0 aliphatic heterocycles. The van der Waals surface area contributed by atoms with Crippen LogP contribution in [-0.2, 0) is 4.79 Å². The van der Waals surface area contributed by atoms with Crippen LogP contribution >= 0.6 is 11.8 Å². The van der Waals surface area contributed by atoms with Crippen LogP contribution in [0.3, 0.4) is 0 Å². The molecule has 0 fully saturated rings. The minimum absolute atomic E-state index is 0.133. The molecule has 2 N–H and O–H groups in total. The third-order valence-corrected chi connectivity index (χ3v) is 6.37. The molecule has 34 heavy (non-hydrogen) atoms. The summed E-state index contributed by atoms with van der Waals surface area (Å²) in [6.45, 7) is 0. The SMILES string of the molecule is COc1ccccc1NC(=O)c1ccc(NC(=O)C(Sc2ccccc2)c2ccccc2)cc1. The number of methoxy groups -OCH3 is 1. The maximum atomic E-state index is 13.2. The summed E-state index contributed by atoms with van der Waals surface area (Å²) in [6.07, 6.45) is 0. The zero-order valence-electron chi connectivity index (χ0n) is 18.6. The van der Waals surface area contributed by atoms with E-state index in [0.29, 0.717) is 22.7 Å². The quantitative estimate of drug-likeness (QED) is 0.293. The van der Waals surface area contributed by atoms with Gasteiger partial charge < -0.3 is 15.4 Å². The molecule has 0 spiro atoms. The first-order chi connectivity index (χ1) is 16.6. The van der Waals surface area contributed by atoms with E-state index in [1.807, 2.05) is 72.8 Å². The first-order valence-electron chi connectivity index (χ1n) is 10.8. The summed E-state index contributed by atoms with van der Waals surface area (Å²) in [5.41, 5.74) is 2.60. The van der Waals surface area contributed by atoms with Crippen molar-refractivity contribution in [2.45, 2.75) is 10.1 Å². The van der Waals surface area contributed by atoms with Gasteiger partial charge in [0.05, 0.1) is 12.8 Å². The van der Waals surface area contributed by atoms with Crippen molar-refractivity contribution in [1.29, 1.82) is 0 Å². The number of carbonyl (C=O) groups excluding carboxylic acids is 2. The van der Waals surface area contributed by atoms with Gasteiger partial charge in [0.1, 0.15) is 11.0 Å². The first kappa shape index (κ1) is 23.1. The predicted molar refractivity (Wildman–Crippen MR) is 138 cm³/mol. The molecule has 170 valence electrons. The number of anilines is 2. The highest BCUT2D eigenvalue weighted by atomic mass is 32.2. The average Bonchev–Trinajstić information content (AvgIpc) is 2.89. The number of rotatable bonds is 8. The van der Waals surface area contributed by atoms with Gasteiger partial charge in [-0.25, -0.2) is 0 Å². The van der Waals surface area contributed by atoms with Gasteiger partial charge in [-0.1, -0.05) is 60.7 Å². The third-order valence-electron chi connectivity index (χ3n) is 5.11. The molecular weight excluding hydrogens is 444 g/mol. The standard InChI is InChI=1S/C28H24N2O3S/c1-33-25-15-9-8-14-24(25)30-27(31)21-16-18-22(19-17-21)29-28(32)26(20-10-4-2-5-11-20)34-23-12-6-3-7-13-23/h2-19,26H,1H3,(H,29,32)(H,30,31). The normalized spacial score (nSPS) is 11.3. The molecule has 0 heterocycles. The first-order valence-corrected chi connectivity index (χ1v) is 11.6. The molecule has 4 aromatic carbocycles. The van der Waals surface area contributed by atoms with E-state index in [-0.39, 0.29) is 11.8 Å². The molecule has 5 nitrogen and oxygen atoms in total. The summed E-state index contributed by atoms with van der Waals surface area (Å²) in [5, 5.41) is 5.41. The lowest BCUT2D eigenvalue weighted by molar-refractivity contribution is -0.115. The molecule has 0 saturated carbocycles. The summed E-state index contributed by atoms with van der Waals surface area (Å²) in [5.74, 6) is 0.193. The molecule has 1 atom stereocenters. The van der Waals surface area contributed by atoms with Crippen LogP contribution in [-0.4, -0.2) is 18.9 Å². The van der Waals surface area contributed by atoms with Gasteiger partial charge in [-0.3, -0.25) is 9.59 Å².